The monoisotopic (exact) mass is 460 g/mol. The molecule has 1 aromatic carbocycles. The zero-order valence-electron chi connectivity index (χ0n) is 17.0. The van der Waals surface area contributed by atoms with Crippen molar-refractivity contribution < 1.29 is 17.8 Å². The van der Waals surface area contributed by atoms with E-state index >= 15 is 0 Å². The number of allylic oxidation sites excluding steroid dienone is 1. The molecule has 3 aliphatic heterocycles. The molecule has 0 saturated carbocycles. The van der Waals surface area contributed by atoms with Crippen LogP contribution in [0.4, 0.5) is 0 Å². The molecule has 1 atom stereocenters. The molecule has 0 bridgehead atoms. The molecule has 3 aliphatic rings. The summed E-state index contributed by atoms with van der Waals surface area (Å²) in [6.45, 7) is 6.01. The molecule has 4 heterocycles. The van der Waals surface area contributed by atoms with Crippen LogP contribution in [0.15, 0.2) is 48.2 Å². The summed E-state index contributed by atoms with van der Waals surface area (Å²) in [5.74, 6) is -0.0113. The second-order valence-corrected chi connectivity index (χ2v) is 10.8. The molecule has 12 heteroatoms. The van der Waals surface area contributed by atoms with Crippen LogP contribution in [0, 0.1) is 5.92 Å². The number of nitrogens with zero attached hydrogens (tertiary/aromatic N) is 6. The topological polar surface area (TPSA) is 121 Å². The number of aromatic nitrogens is 2. The van der Waals surface area contributed by atoms with Gasteiger partial charge in [-0.25, -0.2) is 18.0 Å². The summed E-state index contributed by atoms with van der Waals surface area (Å²) in [4.78, 5) is 24.5. The Hall–Kier alpha value is -2.41. The number of aliphatic imine (C=N–C) groups is 2. The molecule has 2 aromatic rings. The van der Waals surface area contributed by atoms with E-state index in [2.05, 4.69) is 25.2 Å². The van der Waals surface area contributed by atoms with Crippen LogP contribution in [0.1, 0.15) is 13.8 Å². The Morgan fingerprint density at radius 3 is 2.68 bits per heavy atom. The van der Waals surface area contributed by atoms with Gasteiger partial charge >= 0.3 is 0 Å². The first-order valence-corrected chi connectivity index (χ1v) is 12.1. The van der Waals surface area contributed by atoms with Crippen LogP contribution >= 0.6 is 11.8 Å². The maximum atomic E-state index is 13.1. The molecule has 1 aromatic heterocycles. The van der Waals surface area contributed by atoms with Gasteiger partial charge < -0.3 is 0 Å². The van der Waals surface area contributed by atoms with Crippen LogP contribution in [-0.2, 0) is 14.8 Å². The Balaban J connectivity index is 1.26. The van der Waals surface area contributed by atoms with Gasteiger partial charge in [0.05, 0.1) is 11.6 Å². The molecule has 0 N–H and O–H groups in total. The fourth-order valence-corrected chi connectivity index (χ4v) is 6.63. The summed E-state index contributed by atoms with van der Waals surface area (Å²) in [6.07, 6.45) is 0. The van der Waals surface area contributed by atoms with Crippen molar-refractivity contribution in [3.05, 3.63) is 28.7 Å². The third kappa shape index (κ3) is 3.53. The van der Waals surface area contributed by atoms with Gasteiger partial charge in [-0.15, -0.1) is 0 Å². The Bertz CT molecular complexity index is 1270. The van der Waals surface area contributed by atoms with Crippen molar-refractivity contribution in [2.45, 2.75) is 18.7 Å². The number of piperazine rings is 1. The van der Waals surface area contributed by atoms with Gasteiger partial charge in [-0.05, 0) is 46.8 Å². The third-order valence-electron chi connectivity index (χ3n) is 5.78. The van der Waals surface area contributed by atoms with Crippen molar-refractivity contribution in [2.75, 3.05) is 32.7 Å². The SMILES string of the molecule is CC1=C(C)C2C(=O)N=C(CN3CCN(S(=O)(=O)c4cccc5nonc45)CC3)N=C2S1. The number of amides is 1. The molecule has 10 nitrogen and oxygen atoms in total. The second kappa shape index (κ2) is 7.62. The van der Waals surface area contributed by atoms with Gasteiger partial charge in [0, 0.05) is 26.2 Å². The van der Waals surface area contributed by atoms with E-state index in [1.54, 1.807) is 12.1 Å². The summed E-state index contributed by atoms with van der Waals surface area (Å²) < 4.78 is 32.4. The van der Waals surface area contributed by atoms with Gasteiger partial charge in [0.2, 0.25) is 10.0 Å². The fraction of sp³-hybridized carbons (Fsp3) is 0.421. The van der Waals surface area contributed by atoms with Crippen LogP contribution in [-0.4, -0.2) is 77.4 Å². The van der Waals surface area contributed by atoms with Crippen molar-refractivity contribution in [1.82, 2.24) is 19.5 Å². The standard InChI is InChI=1S/C19H20N6O4S2/c1-11-12(2)30-19-16(11)18(26)20-15(21-19)10-24-6-8-25(9-7-24)31(27,28)14-5-3-4-13-17(14)23-29-22-13/h3-5,16H,6-10H2,1-2H3. The minimum atomic E-state index is -3.72. The summed E-state index contributed by atoms with van der Waals surface area (Å²) in [5, 5.41) is 8.26. The molecule has 1 saturated heterocycles. The van der Waals surface area contributed by atoms with Crippen LogP contribution in [0.3, 0.4) is 0 Å². The number of carbonyl (C=O) groups excluding carboxylic acids is 1. The van der Waals surface area contributed by atoms with Crippen molar-refractivity contribution in [3.63, 3.8) is 0 Å². The van der Waals surface area contributed by atoms with E-state index in [-0.39, 0.29) is 22.2 Å². The zero-order chi connectivity index (χ0) is 21.8. The molecule has 0 aliphatic carbocycles. The quantitative estimate of drug-likeness (QED) is 0.673. The minimum absolute atomic E-state index is 0.0934. The summed E-state index contributed by atoms with van der Waals surface area (Å²) in [6, 6.07) is 4.79. The minimum Gasteiger partial charge on any atom is -0.293 e. The number of hydrogen-bond donors (Lipinski definition) is 0. The van der Waals surface area contributed by atoms with Crippen LogP contribution < -0.4 is 0 Å². The smallest absolute Gasteiger partial charge is 0.261 e. The molecule has 1 fully saturated rings. The molecule has 31 heavy (non-hydrogen) atoms. The van der Waals surface area contributed by atoms with Gasteiger partial charge in [0.25, 0.3) is 5.91 Å². The number of hydrogen-bond acceptors (Lipinski definition) is 9. The van der Waals surface area contributed by atoms with Gasteiger partial charge in [0.1, 0.15) is 22.2 Å². The summed E-state index contributed by atoms with van der Waals surface area (Å²) >= 11 is 1.53. The number of rotatable bonds is 4. The first-order valence-electron chi connectivity index (χ1n) is 9.83. The van der Waals surface area contributed by atoms with E-state index in [4.69, 9.17) is 4.63 Å². The average molecular weight is 461 g/mol. The number of fused-ring (bicyclic) bond motifs is 2. The largest absolute Gasteiger partial charge is 0.293 e. The van der Waals surface area contributed by atoms with E-state index in [0.29, 0.717) is 44.1 Å². The predicted octanol–water partition coefficient (Wildman–Crippen LogP) is 1.52. The Labute approximate surface area is 183 Å². The lowest BCUT2D eigenvalue weighted by atomic mass is 10.0. The number of benzene rings is 1. The van der Waals surface area contributed by atoms with Gasteiger partial charge in [-0.3, -0.25) is 9.69 Å². The molecule has 1 amide bonds. The number of amidine groups is 1. The number of sulfonamides is 1. The number of carbonyl (C=O) groups is 1. The summed E-state index contributed by atoms with van der Waals surface area (Å²) in [7, 11) is -3.72. The van der Waals surface area contributed by atoms with E-state index in [1.807, 2.05) is 13.8 Å². The van der Waals surface area contributed by atoms with Gasteiger partial charge in [-0.1, -0.05) is 17.8 Å². The lowest BCUT2D eigenvalue weighted by Gasteiger charge is -2.33. The first kappa shape index (κ1) is 20.5. The highest BCUT2D eigenvalue weighted by molar-refractivity contribution is 8.17. The van der Waals surface area contributed by atoms with Crippen molar-refractivity contribution in [2.24, 2.45) is 15.9 Å². The zero-order valence-corrected chi connectivity index (χ0v) is 18.6. The van der Waals surface area contributed by atoms with Crippen molar-refractivity contribution >= 4 is 49.6 Å². The first-order chi connectivity index (χ1) is 14.8. The van der Waals surface area contributed by atoms with Gasteiger partial charge in [-0.2, -0.15) is 9.30 Å². The molecular weight excluding hydrogens is 440 g/mol. The molecule has 0 spiro atoms. The highest BCUT2D eigenvalue weighted by Gasteiger charge is 2.37. The average Bonchev–Trinajstić information content (AvgIpc) is 3.32. The second-order valence-electron chi connectivity index (χ2n) is 7.66. The predicted molar refractivity (Wildman–Crippen MR) is 116 cm³/mol. The molecular formula is C19H20N6O4S2. The molecule has 162 valence electrons. The molecule has 0 radical (unpaired) electrons. The van der Waals surface area contributed by atoms with Crippen LogP contribution in [0.25, 0.3) is 11.0 Å². The lowest BCUT2D eigenvalue weighted by Crippen LogP contribution is -2.50. The Morgan fingerprint density at radius 2 is 1.90 bits per heavy atom. The van der Waals surface area contributed by atoms with Gasteiger partial charge in [0.15, 0.2) is 5.52 Å². The van der Waals surface area contributed by atoms with Crippen molar-refractivity contribution in [3.8, 4) is 0 Å². The van der Waals surface area contributed by atoms with E-state index in [9.17, 15) is 13.2 Å². The fourth-order valence-electron chi connectivity index (χ4n) is 3.93. The number of thioether (sulfide) groups is 1. The maximum Gasteiger partial charge on any atom is 0.261 e. The maximum absolute atomic E-state index is 13.1. The van der Waals surface area contributed by atoms with Crippen LogP contribution in [0.2, 0.25) is 0 Å². The summed E-state index contributed by atoms with van der Waals surface area (Å²) in [5.41, 5.74) is 1.66. The van der Waals surface area contributed by atoms with Crippen molar-refractivity contribution in [1.29, 1.82) is 0 Å². The van der Waals surface area contributed by atoms with E-state index < -0.39 is 10.0 Å². The normalized spacial score (nSPS) is 23.3. The third-order valence-corrected chi connectivity index (χ3v) is 8.88. The Morgan fingerprint density at radius 1 is 1.13 bits per heavy atom. The highest BCUT2D eigenvalue weighted by atomic mass is 32.2. The van der Waals surface area contributed by atoms with E-state index in [0.717, 1.165) is 15.5 Å². The highest BCUT2D eigenvalue weighted by Crippen LogP contribution is 2.40. The molecule has 1 unspecified atom stereocenters. The van der Waals surface area contributed by atoms with E-state index in [1.165, 1.54) is 22.1 Å². The van der Waals surface area contributed by atoms with Crippen LogP contribution in [0.5, 0.6) is 0 Å². The molecule has 5 rings (SSSR count). The lowest BCUT2D eigenvalue weighted by molar-refractivity contribution is -0.118. The Kier molecular flexibility index (Phi) is 5.04.